The van der Waals surface area contributed by atoms with E-state index >= 15 is 0 Å². The molecule has 0 fully saturated rings. The van der Waals surface area contributed by atoms with E-state index in [9.17, 15) is 19.1 Å². The van der Waals surface area contributed by atoms with Gasteiger partial charge in [-0.3, -0.25) is 10.1 Å². The average Bonchev–Trinajstić information content (AvgIpc) is 2.60. The summed E-state index contributed by atoms with van der Waals surface area (Å²) in [6.45, 7) is 2.91. The second-order valence-electron chi connectivity index (χ2n) is 6.36. The van der Waals surface area contributed by atoms with E-state index in [1.54, 1.807) is 18.2 Å². The van der Waals surface area contributed by atoms with Crippen molar-refractivity contribution in [1.82, 2.24) is 0 Å². The average molecular weight is 359 g/mol. The summed E-state index contributed by atoms with van der Waals surface area (Å²) >= 11 is 0. The van der Waals surface area contributed by atoms with E-state index in [1.165, 1.54) is 27.0 Å². The lowest BCUT2D eigenvalue weighted by molar-refractivity contribution is -0.569. The van der Waals surface area contributed by atoms with Crippen LogP contribution in [0.4, 0.5) is 0 Å². The molecule has 7 heteroatoms. The Balaban J connectivity index is 2.28. The SMILES string of the molecule is COC(=O)c1cc(C(C)(C)[N+](=O)[O-])cc2c1Cc1ccccc1S2=O. The molecular weight excluding hydrogens is 342 g/mol. The number of nitrogens with zero attached hydrogens (tertiary/aromatic N) is 1. The molecule has 0 spiro atoms. The highest BCUT2D eigenvalue weighted by atomic mass is 32.2. The van der Waals surface area contributed by atoms with E-state index in [0.29, 0.717) is 27.3 Å². The molecule has 25 heavy (non-hydrogen) atoms. The van der Waals surface area contributed by atoms with Crippen LogP contribution in [0.15, 0.2) is 46.2 Å². The van der Waals surface area contributed by atoms with Gasteiger partial charge in [0, 0.05) is 40.5 Å². The van der Waals surface area contributed by atoms with Gasteiger partial charge in [-0.25, -0.2) is 9.00 Å². The molecule has 0 saturated heterocycles. The van der Waals surface area contributed by atoms with Crippen LogP contribution in [0.25, 0.3) is 0 Å². The van der Waals surface area contributed by atoms with Gasteiger partial charge in [0.2, 0.25) is 5.54 Å². The summed E-state index contributed by atoms with van der Waals surface area (Å²) < 4.78 is 17.9. The second kappa shape index (κ2) is 6.07. The number of ether oxygens (including phenoxy) is 1. The molecule has 3 rings (SSSR count). The van der Waals surface area contributed by atoms with E-state index in [2.05, 4.69) is 0 Å². The van der Waals surface area contributed by atoms with Crippen LogP contribution in [-0.2, 0) is 27.5 Å². The van der Waals surface area contributed by atoms with Gasteiger partial charge in [-0.2, -0.15) is 0 Å². The third-order valence-electron chi connectivity index (χ3n) is 4.52. The fraction of sp³-hybridized carbons (Fsp3) is 0.278. The van der Waals surface area contributed by atoms with Crippen molar-refractivity contribution in [1.29, 1.82) is 0 Å². The molecule has 1 unspecified atom stereocenters. The summed E-state index contributed by atoms with van der Waals surface area (Å²) in [4.78, 5) is 24.4. The minimum Gasteiger partial charge on any atom is -0.465 e. The lowest BCUT2D eigenvalue weighted by Gasteiger charge is -2.24. The first-order chi connectivity index (χ1) is 11.8. The molecule has 1 aliphatic rings. The predicted octanol–water partition coefficient (Wildman–Crippen LogP) is 3.06. The maximum absolute atomic E-state index is 13.0. The Kier molecular flexibility index (Phi) is 4.20. The van der Waals surface area contributed by atoms with Crippen LogP contribution < -0.4 is 0 Å². The molecule has 1 atom stereocenters. The number of carbonyl (C=O) groups is 1. The number of methoxy groups -OCH3 is 1. The lowest BCUT2D eigenvalue weighted by Crippen LogP contribution is -2.29. The smallest absolute Gasteiger partial charge is 0.338 e. The van der Waals surface area contributed by atoms with E-state index in [4.69, 9.17) is 4.74 Å². The maximum atomic E-state index is 13.0. The molecule has 2 aromatic rings. The van der Waals surface area contributed by atoms with Gasteiger partial charge in [0.25, 0.3) is 0 Å². The van der Waals surface area contributed by atoms with Gasteiger partial charge in [-0.05, 0) is 29.3 Å². The number of nitro groups is 1. The predicted molar refractivity (Wildman–Crippen MR) is 91.7 cm³/mol. The van der Waals surface area contributed by atoms with E-state index in [0.717, 1.165) is 5.56 Å². The number of benzene rings is 2. The van der Waals surface area contributed by atoms with Crippen LogP contribution in [0.2, 0.25) is 0 Å². The van der Waals surface area contributed by atoms with E-state index in [-0.39, 0.29) is 5.56 Å². The Morgan fingerprint density at radius 2 is 1.92 bits per heavy atom. The summed E-state index contributed by atoms with van der Waals surface area (Å²) in [7, 11) is -0.250. The molecule has 0 aromatic heterocycles. The molecule has 0 N–H and O–H groups in total. The Morgan fingerprint density at radius 3 is 2.56 bits per heavy atom. The topological polar surface area (TPSA) is 86.5 Å². The number of esters is 1. The van der Waals surface area contributed by atoms with Gasteiger partial charge < -0.3 is 4.74 Å². The van der Waals surface area contributed by atoms with Crippen molar-refractivity contribution in [3.8, 4) is 0 Å². The van der Waals surface area contributed by atoms with Gasteiger partial charge >= 0.3 is 5.97 Å². The number of fused-ring (bicyclic) bond motifs is 2. The second-order valence-corrected chi connectivity index (χ2v) is 7.78. The first-order valence-electron chi connectivity index (χ1n) is 7.67. The highest BCUT2D eigenvalue weighted by molar-refractivity contribution is 7.85. The van der Waals surface area contributed by atoms with Crippen LogP contribution in [0, 0.1) is 10.1 Å². The van der Waals surface area contributed by atoms with Crippen LogP contribution >= 0.6 is 0 Å². The summed E-state index contributed by atoms with van der Waals surface area (Å²) in [5.41, 5.74) is 0.614. The number of rotatable bonds is 3. The molecule has 0 radical (unpaired) electrons. The number of hydrogen-bond acceptors (Lipinski definition) is 5. The Hall–Kier alpha value is -2.54. The van der Waals surface area contributed by atoms with Gasteiger partial charge in [0.15, 0.2) is 0 Å². The summed E-state index contributed by atoms with van der Waals surface area (Å²) in [5.74, 6) is -0.589. The Bertz CT molecular complexity index is 920. The maximum Gasteiger partial charge on any atom is 0.338 e. The van der Waals surface area contributed by atoms with Crippen molar-refractivity contribution < 1.29 is 18.7 Å². The normalized spacial score (nSPS) is 15.9. The molecule has 0 amide bonds. The third kappa shape index (κ3) is 2.74. The zero-order valence-corrected chi connectivity index (χ0v) is 14.9. The van der Waals surface area contributed by atoms with Crippen LogP contribution in [0.1, 0.15) is 40.9 Å². The molecular formula is C18H17NO5S. The molecule has 6 nitrogen and oxygen atoms in total. The zero-order valence-electron chi connectivity index (χ0n) is 14.1. The van der Waals surface area contributed by atoms with Gasteiger partial charge in [-0.15, -0.1) is 0 Å². The molecule has 1 aliphatic heterocycles. The molecule has 0 aliphatic carbocycles. The van der Waals surface area contributed by atoms with Crippen molar-refractivity contribution in [2.24, 2.45) is 0 Å². The van der Waals surface area contributed by atoms with Crippen LogP contribution in [-0.4, -0.2) is 22.2 Å². The van der Waals surface area contributed by atoms with Crippen LogP contribution in [0.3, 0.4) is 0 Å². The summed E-state index contributed by atoms with van der Waals surface area (Å²) in [5, 5.41) is 11.4. The number of hydrogen-bond donors (Lipinski definition) is 0. The monoisotopic (exact) mass is 359 g/mol. The van der Waals surface area contributed by atoms with Crippen molar-refractivity contribution in [2.75, 3.05) is 7.11 Å². The van der Waals surface area contributed by atoms with Crippen molar-refractivity contribution >= 4 is 16.8 Å². The van der Waals surface area contributed by atoms with Crippen molar-refractivity contribution in [3.63, 3.8) is 0 Å². The largest absolute Gasteiger partial charge is 0.465 e. The van der Waals surface area contributed by atoms with Gasteiger partial charge in [0.1, 0.15) is 0 Å². The summed E-state index contributed by atoms with van der Waals surface area (Å²) in [6.07, 6.45) is 0.431. The van der Waals surface area contributed by atoms with Crippen molar-refractivity contribution in [2.45, 2.75) is 35.6 Å². The first kappa shape index (κ1) is 17.3. The third-order valence-corrected chi connectivity index (χ3v) is 6.08. The highest BCUT2D eigenvalue weighted by Crippen LogP contribution is 2.37. The Morgan fingerprint density at radius 1 is 1.24 bits per heavy atom. The van der Waals surface area contributed by atoms with Gasteiger partial charge in [0.05, 0.1) is 23.5 Å². The Labute approximate surface area is 147 Å². The molecule has 130 valence electrons. The quantitative estimate of drug-likeness (QED) is 0.407. The van der Waals surface area contributed by atoms with Crippen LogP contribution in [0.5, 0.6) is 0 Å². The fourth-order valence-electron chi connectivity index (χ4n) is 2.88. The molecule has 1 heterocycles. The first-order valence-corrected chi connectivity index (χ1v) is 8.82. The van der Waals surface area contributed by atoms with E-state index in [1.807, 2.05) is 12.1 Å². The van der Waals surface area contributed by atoms with Crippen molar-refractivity contribution in [3.05, 3.63) is 68.8 Å². The molecule has 0 saturated carbocycles. The molecule has 0 bridgehead atoms. The highest BCUT2D eigenvalue weighted by Gasteiger charge is 2.37. The van der Waals surface area contributed by atoms with E-state index < -0.39 is 27.2 Å². The fourth-order valence-corrected chi connectivity index (χ4v) is 4.34. The minimum atomic E-state index is -1.51. The zero-order chi connectivity index (χ0) is 18.4. The lowest BCUT2D eigenvalue weighted by atomic mass is 9.89. The minimum absolute atomic E-state index is 0.229. The summed E-state index contributed by atoms with van der Waals surface area (Å²) in [6, 6.07) is 10.4. The van der Waals surface area contributed by atoms with Gasteiger partial charge in [-0.1, -0.05) is 18.2 Å². The number of carbonyl (C=O) groups excluding carboxylic acids is 1. The molecule has 2 aromatic carbocycles. The standard InChI is InChI=1S/C18H17NO5S/c1-18(2,19(21)22)12-9-14(17(20)24-3)13-8-11-6-4-5-7-15(11)25(23)16(13)10-12/h4-7,9-10H,8H2,1-3H3.